The smallest absolute Gasteiger partial charge is 0.0782 e. The molecular formula is C11H16BrN3O. The highest BCUT2D eigenvalue weighted by Crippen LogP contribution is 2.36. The molecule has 1 aromatic heterocycles. The number of hydrogen-bond acceptors (Lipinski definition) is 4. The number of morpholine rings is 1. The quantitative estimate of drug-likeness (QED) is 0.858. The largest absolute Gasteiger partial charge is 0.396 e. The van der Waals surface area contributed by atoms with Gasteiger partial charge in [0.15, 0.2) is 0 Å². The molecule has 5 heteroatoms. The number of nitrogen functional groups attached to an aromatic ring is 1. The van der Waals surface area contributed by atoms with Crippen molar-refractivity contribution < 1.29 is 4.74 Å². The van der Waals surface area contributed by atoms with Crippen LogP contribution in [-0.2, 0) is 4.74 Å². The van der Waals surface area contributed by atoms with Gasteiger partial charge < -0.3 is 15.4 Å². The zero-order valence-electron chi connectivity index (χ0n) is 9.53. The first-order chi connectivity index (χ1) is 7.52. The van der Waals surface area contributed by atoms with Crippen LogP contribution in [0.4, 0.5) is 11.4 Å². The number of hydrogen-bond donors (Lipinski definition) is 1. The second-order valence-corrected chi connectivity index (χ2v) is 5.43. The average Bonchev–Trinajstić information content (AvgIpc) is 2.19. The first kappa shape index (κ1) is 11.7. The molecule has 0 spiro atoms. The normalized spacial score (nSPS) is 19.8. The molecule has 1 saturated heterocycles. The standard InChI is InChI=1S/C11H16BrN3O/c1-11(2)7-16-4-3-15(11)10-8(12)5-14-6-9(10)13/h5-6H,3-4,7,13H2,1-2H3. The third-order valence-electron chi connectivity index (χ3n) is 2.82. The Bertz CT molecular complexity index is 375. The fourth-order valence-corrected chi connectivity index (χ4v) is 2.56. The molecule has 2 N–H and O–H groups in total. The highest BCUT2D eigenvalue weighted by atomic mass is 79.9. The third kappa shape index (κ3) is 2.01. The Balaban J connectivity index is 2.42. The van der Waals surface area contributed by atoms with Crippen LogP contribution < -0.4 is 10.6 Å². The molecule has 1 aliphatic rings. The molecule has 0 aromatic carbocycles. The highest BCUT2D eigenvalue weighted by molar-refractivity contribution is 9.10. The van der Waals surface area contributed by atoms with Crippen LogP contribution in [0, 0.1) is 0 Å². The van der Waals surface area contributed by atoms with Crippen LogP contribution in [0.5, 0.6) is 0 Å². The van der Waals surface area contributed by atoms with E-state index >= 15 is 0 Å². The molecule has 16 heavy (non-hydrogen) atoms. The van der Waals surface area contributed by atoms with Crippen molar-refractivity contribution in [2.75, 3.05) is 30.4 Å². The van der Waals surface area contributed by atoms with Crippen molar-refractivity contribution in [2.45, 2.75) is 19.4 Å². The van der Waals surface area contributed by atoms with E-state index < -0.39 is 0 Å². The van der Waals surface area contributed by atoms with Gasteiger partial charge in [-0.1, -0.05) is 0 Å². The second kappa shape index (κ2) is 4.22. The van der Waals surface area contributed by atoms with E-state index in [0.29, 0.717) is 12.3 Å². The van der Waals surface area contributed by atoms with Crippen LogP contribution in [0.2, 0.25) is 0 Å². The van der Waals surface area contributed by atoms with E-state index in [9.17, 15) is 0 Å². The molecule has 0 bridgehead atoms. The van der Waals surface area contributed by atoms with Crippen molar-refractivity contribution in [1.29, 1.82) is 0 Å². The number of halogens is 1. The van der Waals surface area contributed by atoms with Crippen LogP contribution in [0.1, 0.15) is 13.8 Å². The molecule has 4 nitrogen and oxygen atoms in total. The molecule has 0 atom stereocenters. The Morgan fingerprint density at radius 3 is 2.88 bits per heavy atom. The summed E-state index contributed by atoms with van der Waals surface area (Å²) >= 11 is 3.51. The zero-order chi connectivity index (χ0) is 11.8. The zero-order valence-corrected chi connectivity index (χ0v) is 11.1. The fraction of sp³-hybridized carbons (Fsp3) is 0.545. The summed E-state index contributed by atoms with van der Waals surface area (Å²) < 4.78 is 6.44. The van der Waals surface area contributed by atoms with Crippen LogP contribution in [0.3, 0.4) is 0 Å². The van der Waals surface area contributed by atoms with Crippen LogP contribution in [-0.4, -0.2) is 30.3 Å². The van der Waals surface area contributed by atoms with Gasteiger partial charge in [-0.15, -0.1) is 0 Å². The summed E-state index contributed by atoms with van der Waals surface area (Å²) in [5, 5.41) is 0. The van der Waals surface area contributed by atoms with Gasteiger partial charge in [-0.25, -0.2) is 0 Å². The first-order valence-corrected chi connectivity index (χ1v) is 6.06. The molecule has 0 unspecified atom stereocenters. The van der Waals surface area contributed by atoms with Crippen molar-refractivity contribution in [3.05, 3.63) is 16.9 Å². The molecule has 2 rings (SSSR count). The Labute approximate surface area is 104 Å². The molecule has 0 saturated carbocycles. The van der Waals surface area contributed by atoms with E-state index in [4.69, 9.17) is 10.5 Å². The second-order valence-electron chi connectivity index (χ2n) is 4.58. The van der Waals surface area contributed by atoms with Gasteiger partial charge in [0.25, 0.3) is 0 Å². The maximum atomic E-state index is 6.00. The maximum Gasteiger partial charge on any atom is 0.0782 e. The molecule has 1 aliphatic heterocycles. The van der Waals surface area contributed by atoms with Gasteiger partial charge in [-0.2, -0.15) is 0 Å². The Morgan fingerprint density at radius 2 is 2.25 bits per heavy atom. The van der Waals surface area contributed by atoms with Gasteiger partial charge in [0, 0.05) is 12.7 Å². The molecular weight excluding hydrogens is 270 g/mol. The molecule has 1 aromatic rings. The predicted molar refractivity (Wildman–Crippen MR) is 68.6 cm³/mol. The molecule has 2 heterocycles. The number of nitrogens with two attached hydrogens (primary N) is 1. The van der Waals surface area contributed by atoms with Gasteiger partial charge in [0.2, 0.25) is 0 Å². The minimum Gasteiger partial charge on any atom is -0.396 e. The topological polar surface area (TPSA) is 51.4 Å². The average molecular weight is 286 g/mol. The van der Waals surface area contributed by atoms with Gasteiger partial charge in [-0.05, 0) is 29.8 Å². The number of aromatic nitrogens is 1. The highest BCUT2D eigenvalue weighted by Gasteiger charge is 2.32. The van der Waals surface area contributed by atoms with Crippen LogP contribution in [0.25, 0.3) is 0 Å². The van der Waals surface area contributed by atoms with E-state index in [1.54, 1.807) is 12.4 Å². The number of rotatable bonds is 1. The molecule has 88 valence electrons. The van der Waals surface area contributed by atoms with Crippen LogP contribution in [0.15, 0.2) is 16.9 Å². The Kier molecular flexibility index (Phi) is 3.08. The molecule has 0 radical (unpaired) electrons. The summed E-state index contributed by atoms with van der Waals surface area (Å²) in [5.74, 6) is 0. The lowest BCUT2D eigenvalue weighted by Crippen LogP contribution is -2.53. The third-order valence-corrected chi connectivity index (χ3v) is 3.40. The number of pyridine rings is 1. The minimum absolute atomic E-state index is 0.0454. The summed E-state index contributed by atoms with van der Waals surface area (Å²) in [5.41, 5.74) is 7.67. The van der Waals surface area contributed by atoms with E-state index in [1.165, 1.54) is 0 Å². The minimum atomic E-state index is -0.0454. The van der Waals surface area contributed by atoms with Gasteiger partial charge in [-0.3, -0.25) is 4.98 Å². The van der Waals surface area contributed by atoms with E-state index in [2.05, 4.69) is 39.7 Å². The lowest BCUT2D eigenvalue weighted by molar-refractivity contribution is 0.0644. The predicted octanol–water partition coefficient (Wildman–Crippen LogP) is 2.04. The van der Waals surface area contributed by atoms with Gasteiger partial charge in [0.05, 0.1) is 40.8 Å². The van der Waals surface area contributed by atoms with Crippen molar-refractivity contribution in [1.82, 2.24) is 4.98 Å². The summed E-state index contributed by atoms with van der Waals surface area (Å²) in [6.45, 7) is 6.59. The summed E-state index contributed by atoms with van der Waals surface area (Å²) in [6, 6.07) is 0. The molecule has 0 aliphatic carbocycles. The summed E-state index contributed by atoms with van der Waals surface area (Å²) in [7, 11) is 0. The van der Waals surface area contributed by atoms with Crippen molar-refractivity contribution in [2.24, 2.45) is 0 Å². The maximum absolute atomic E-state index is 6.00. The fourth-order valence-electron chi connectivity index (χ4n) is 2.00. The first-order valence-electron chi connectivity index (χ1n) is 5.27. The summed E-state index contributed by atoms with van der Waals surface area (Å²) in [6.07, 6.45) is 3.46. The van der Waals surface area contributed by atoms with Crippen molar-refractivity contribution in [3.8, 4) is 0 Å². The van der Waals surface area contributed by atoms with Gasteiger partial charge in [0.1, 0.15) is 0 Å². The van der Waals surface area contributed by atoms with Crippen LogP contribution >= 0.6 is 15.9 Å². The number of nitrogens with zero attached hydrogens (tertiary/aromatic N) is 2. The monoisotopic (exact) mass is 285 g/mol. The SMILES string of the molecule is CC1(C)COCCN1c1c(N)cncc1Br. The van der Waals surface area contributed by atoms with E-state index in [1.807, 2.05) is 0 Å². The lowest BCUT2D eigenvalue weighted by atomic mass is 10.0. The van der Waals surface area contributed by atoms with E-state index in [0.717, 1.165) is 23.3 Å². The van der Waals surface area contributed by atoms with Crippen molar-refractivity contribution in [3.63, 3.8) is 0 Å². The van der Waals surface area contributed by atoms with Gasteiger partial charge >= 0.3 is 0 Å². The number of ether oxygens (including phenoxy) is 1. The molecule has 0 amide bonds. The van der Waals surface area contributed by atoms with Crippen molar-refractivity contribution >= 4 is 27.3 Å². The Hall–Kier alpha value is -0.810. The summed E-state index contributed by atoms with van der Waals surface area (Å²) in [4.78, 5) is 6.33. The Morgan fingerprint density at radius 1 is 1.50 bits per heavy atom. The molecule has 1 fully saturated rings. The van der Waals surface area contributed by atoms with E-state index in [-0.39, 0.29) is 5.54 Å². The lowest BCUT2D eigenvalue weighted by Gasteiger charge is -2.44. The number of anilines is 2.